The first-order chi connectivity index (χ1) is 7.41. The van der Waals surface area contributed by atoms with E-state index in [0.29, 0.717) is 5.75 Å². The van der Waals surface area contributed by atoms with E-state index in [-0.39, 0.29) is 11.9 Å². The van der Waals surface area contributed by atoms with Crippen LogP contribution in [0.1, 0.15) is 31.9 Å². The number of carbonyl (C=O) groups excluding carboxylic acids is 1. The van der Waals surface area contributed by atoms with Crippen LogP contribution in [0.4, 0.5) is 0 Å². The lowest BCUT2D eigenvalue weighted by Gasteiger charge is -2.11. The number of allylic oxidation sites excluding steroid dienone is 1. The number of ether oxygens (including phenoxy) is 1. The summed E-state index contributed by atoms with van der Waals surface area (Å²) >= 11 is 0. The molecular weight excluding hydrogens is 200 g/mol. The van der Waals surface area contributed by atoms with E-state index in [4.69, 9.17) is 4.74 Å². The zero-order valence-electron chi connectivity index (χ0n) is 10.3. The van der Waals surface area contributed by atoms with Crippen molar-refractivity contribution < 1.29 is 9.53 Å². The van der Waals surface area contributed by atoms with Gasteiger partial charge in [0, 0.05) is 0 Å². The van der Waals surface area contributed by atoms with Crippen molar-refractivity contribution in [1.82, 2.24) is 0 Å². The summed E-state index contributed by atoms with van der Waals surface area (Å²) in [5.41, 5.74) is 2.91. The van der Waals surface area contributed by atoms with Gasteiger partial charge in [0.25, 0.3) is 0 Å². The van der Waals surface area contributed by atoms with Crippen LogP contribution in [0.5, 0.6) is 5.75 Å². The molecule has 0 unspecified atom stereocenters. The fraction of sp³-hybridized carbons (Fsp3) is 0.357. The van der Waals surface area contributed by atoms with Gasteiger partial charge >= 0.3 is 5.97 Å². The molecule has 0 N–H and O–H groups in total. The van der Waals surface area contributed by atoms with Gasteiger partial charge in [-0.1, -0.05) is 38.1 Å². The molecule has 16 heavy (non-hydrogen) atoms. The topological polar surface area (TPSA) is 26.3 Å². The largest absolute Gasteiger partial charge is 0.426 e. The van der Waals surface area contributed by atoms with Crippen molar-refractivity contribution in [3.63, 3.8) is 0 Å². The molecule has 0 aromatic heterocycles. The molecule has 0 amide bonds. The summed E-state index contributed by atoms with van der Waals surface area (Å²) in [7, 11) is 0. The Bertz CT molecular complexity index is 417. The van der Waals surface area contributed by atoms with Gasteiger partial charge in [0.1, 0.15) is 5.75 Å². The Labute approximate surface area is 96.9 Å². The van der Waals surface area contributed by atoms with E-state index in [1.54, 1.807) is 0 Å². The number of rotatable bonds is 3. The second-order valence-corrected chi connectivity index (χ2v) is 4.34. The first kappa shape index (κ1) is 12.5. The second-order valence-electron chi connectivity index (χ2n) is 4.34. The average molecular weight is 218 g/mol. The first-order valence-electron chi connectivity index (χ1n) is 5.40. The van der Waals surface area contributed by atoms with Crippen LogP contribution in [0.15, 0.2) is 24.8 Å². The molecule has 0 atom stereocenters. The summed E-state index contributed by atoms with van der Waals surface area (Å²) < 4.78 is 5.32. The minimum absolute atomic E-state index is 0.118. The molecule has 0 fully saturated rings. The van der Waals surface area contributed by atoms with Gasteiger partial charge in [0.2, 0.25) is 0 Å². The van der Waals surface area contributed by atoms with Crippen molar-refractivity contribution in [3.8, 4) is 5.75 Å². The van der Waals surface area contributed by atoms with Gasteiger partial charge < -0.3 is 4.74 Å². The third-order valence-corrected chi connectivity index (χ3v) is 2.36. The standard InChI is InChI=1S/C14H18O2/c1-9(2)12-7-6-11(5)13(8-12)16-14(15)10(3)4/h6-8,10H,1H2,2-5H3. The zero-order chi connectivity index (χ0) is 12.3. The Balaban J connectivity index is 2.99. The normalized spacial score (nSPS) is 10.3. The lowest BCUT2D eigenvalue weighted by atomic mass is 10.1. The highest BCUT2D eigenvalue weighted by Crippen LogP contribution is 2.23. The molecule has 0 aliphatic carbocycles. The van der Waals surface area contributed by atoms with E-state index in [0.717, 1.165) is 16.7 Å². The predicted molar refractivity (Wildman–Crippen MR) is 66.4 cm³/mol. The van der Waals surface area contributed by atoms with Crippen LogP contribution >= 0.6 is 0 Å². The van der Waals surface area contributed by atoms with Crippen LogP contribution in [-0.4, -0.2) is 5.97 Å². The highest BCUT2D eigenvalue weighted by atomic mass is 16.5. The molecular formula is C14H18O2. The van der Waals surface area contributed by atoms with Crippen molar-refractivity contribution in [3.05, 3.63) is 35.9 Å². The molecule has 1 rings (SSSR count). The van der Waals surface area contributed by atoms with E-state index in [1.165, 1.54) is 0 Å². The number of carbonyl (C=O) groups is 1. The Morgan fingerprint density at radius 1 is 1.38 bits per heavy atom. The summed E-state index contributed by atoms with van der Waals surface area (Å²) in [4.78, 5) is 11.5. The van der Waals surface area contributed by atoms with Gasteiger partial charge in [-0.25, -0.2) is 0 Å². The molecule has 0 heterocycles. The molecule has 0 saturated carbocycles. The minimum atomic E-state index is -0.207. The van der Waals surface area contributed by atoms with Crippen molar-refractivity contribution in [2.75, 3.05) is 0 Å². The van der Waals surface area contributed by atoms with Crippen LogP contribution < -0.4 is 4.74 Å². The Kier molecular flexibility index (Phi) is 3.88. The monoisotopic (exact) mass is 218 g/mol. The highest BCUT2D eigenvalue weighted by Gasteiger charge is 2.11. The van der Waals surface area contributed by atoms with Crippen molar-refractivity contribution in [2.24, 2.45) is 5.92 Å². The van der Waals surface area contributed by atoms with Crippen LogP contribution in [0.2, 0.25) is 0 Å². The number of hydrogen-bond donors (Lipinski definition) is 0. The summed E-state index contributed by atoms with van der Waals surface area (Å²) in [6.07, 6.45) is 0. The van der Waals surface area contributed by atoms with Gasteiger partial charge in [-0.3, -0.25) is 4.79 Å². The molecule has 0 radical (unpaired) electrons. The molecule has 0 spiro atoms. The van der Waals surface area contributed by atoms with Gasteiger partial charge in [0.15, 0.2) is 0 Å². The van der Waals surface area contributed by atoms with Crippen LogP contribution in [0.25, 0.3) is 5.57 Å². The number of aryl methyl sites for hydroxylation is 1. The quantitative estimate of drug-likeness (QED) is 0.572. The molecule has 86 valence electrons. The second kappa shape index (κ2) is 4.97. The molecule has 1 aromatic rings. The van der Waals surface area contributed by atoms with Gasteiger partial charge in [0.05, 0.1) is 5.92 Å². The third kappa shape index (κ3) is 2.96. The maximum atomic E-state index is 11.5. The summed E-state index contributed by atoms with van der Waals surface area (Å²) in [6, 6.07) is 5.77. The third-order valence-electron chi connectivity index (χ3n) is 2.36. The molecule has 0 bridgehead atoms. The average Bonchev–Trinajstić information content (AvgIpc) is 2.20. The molecule has 2 nitrogen and oxygen atoms in total. The van der Waals surface area contributed by atoms with E-state index >= 15 is 0 Å². The smallest absolute Gasteiger partial charge is 0.313 e. The van der Waals surface area contributed by atoms with Crippen molar-refractivity contribution in [2.45, 2.75) is 27.7 Å². The predicted octanol–water partition coefficient (Wildman–Crippen LogP) is 3.59. The van der Waals surface area contributed by atoms with Crippen LogP contribution in [0.3, 0.4) is 0 Å². The maximum absolute atomic E-state index is 11.5. The Hall–Kier alpha value is -1.57. The van der Waals surface area contributed by atoms with E-state index in [9.17, 15) is 4.79 Å². The fourth-order valence-electron chi connectivity index (χ4n) is 1.20. The zero-order valence-corrected chi connectivity index (χ0v) is 10.3. The van der Waals surface area contributed by atoms with Crippen LogP contribution in [0, 0.1) is 12.8 Å². The van der Waals surface area contributed by atoms with Crippen molar-refractivity contribution in [1.29, 1.82) is 0 Å². The SMILES string of the molecule is C=C(C)c1ccc(C)c(OC(=O)C(C)C)c1. The van der Waals surface area contributed by atoms with Crippen LogP contribution in [-0.2, 0) is 4.79 Å². The van der Waals surface area contributed by atoms with E-state index in [1.807, 2.05) is 45.9 Å². The lowest BCUT2D eigenvalue weighted by Crippen LogP contribution is -2.15. The van der Waals surface area contributed by atoms with Gasteiger partial charge in [-0.15, -0.1) is 0 Å². The number of benzene rings is 1. The van der Waals surface area contributed by atoms with Gasteiger partial charge in [-0.05, 0) is 31.0 Å². The Morgan fingerprint density at radius 3 is 2.50 bits per heavy atom. The molecule has 0 aliphatic rings. The first-order valence-corrected chi connectivity index (χ1v) is 5.40. The molecule has 0 saturated heterocycles. The maximum Gasteiger partial charge on any atom is 0.313 e. The fourth-order valence-corrected chi connectivity index (χ4v) is 1.20. The minimum Gasteiger partial charge on any atom is -0.426 e. The number of hydrogen-bond acceptors (Lipinski definition) is 2. The molecule has 0 aliphatic heterocycles. The lowest BCUT2D eigenvalue weighted by molar-refractivity contribution is -0.137. The molecule has 1 aromatic carbocycles. The summed E-state index contributed by atoms with van der Waals surface area (Å²) in [5, 5.41) is 0. The number of esters is 1. The van der Waals surface area contributed by atoms with E-state index < -0.39 is 0 Å². The highest BCUT2D eigenvalue weighted by molar-refractivity contribution is 5.75. The Morgan fingerprint density at radius 2 is 2.00 bits per heavy atom. The summed E-state index contributed by atoms with van der Waals surface area (Å²) in [5.74, 6) is 0.300. The van der Waals surface area contributed by atoms with Crippen molar-refractivity contribution >= 4 is 11.5 Å². The summed E-state index contributed by atoms with van der Waals surface area (Å²) in [6.45, 7) is 11.4. The molecule has 2 heteroatoms. The van der Waals surface area contributed by atoms with E-state index in [2.05, 4.69) is 6.58 Å². The van der Waals surface area contributed by atoms with Gasteiger partial charge in [-0.2, -0.15) is 0 Å².